The van der Waals surface area contributed by atoms with Crippen molar-refractivity contribution >= 4 is 16.9 Å². The minimum Gasteiger partial charge on any atom is -0.489 e. The molecule has 158 valence electrons. The van der Waals surface area contributed by atoms with Gasteiger partial charge in [-0.25, -0.2) is 4.39 Å². The molecule has 0 radical (unpaired) electrons. The normalized spacial score (nSPS) is 12.1. The van der Waals surface area contributed by atoms with Gasteiger partial charge in [-0.05, 0) is 47.5 Å². The third kappa shape index (κ3) is 4.57. The van der Waals surface area contributed by atoms with Gasteiger partial charge in [0.15, 0.2) is 0 Å². The molecule has 4 aromatic rings. The van der Waals surface area contributed by atoms with Gasteiger partial charge in [-0.1, -0.05) is 18.2 Å². The number of hydrogen-bond donors (Lipinski definition) is 2. The van der Waals surface area contributed by atoms with E-state index in [1.54, 1.807) is 42.8 Å². The van der Waals surface area contributed by atoms with E-state index in [-0.39, 0.29) is 13.0 Å². The minimum absolute atomic E-state index is 0.114. The van der Waals surface area contributed by atoms with Gasteiger partial charge in [-0.2, -0.15) is 0 Å². The summed E-state index contributed by atoms with van der Waals surface area (Å²) in [6.07, 6.45) is 3.09. The number of halogens is 1. The van der Waals surface area contributed by atoms with Crippen LogP contribution in [0, 0.1) is 0 Å². The second-order valence-electron chi connectivity index (χ2n) is 7.18. The third-order valence-electron chi connectivity index (χ3n) is 4.96. The second kappa shape index (κ2) is 8.97. The van der Waals surface area contributed by atoms with E-state index in [1.165, 1.54) is 0 Å². The Balaban J connectivity index is 1.67. The lowest BCUT2D eigenvalue weighted by molar-refractivity contribution is -0.136. The van der Waals surface area contributed by atoms with Crippen molar-refractivity contribution in [2.45, 2.75) is 19.1 Å². The van der Waals surface area contributed by atoms with Crippen molar-refractivity contribution < 1.29 is 23.4 Å². The highest BCUT2D eigenvalue weighted by Crippen LogP contribution is 2.32. The van der Waals surface area contributed by atoms with Crippen LogP contribution in [0.4, 0.5) is 4.39 Å². The highest BCUT2D eigenvalue weighted by molar-refractivity contribution is 5.93. The Bertz CT molecular complexity index is 1220. The monoisotopic (exact) mass is 420 g/mol. The summed E-state index contributed by atoms with van der Waals surface area (Å²) in [4.78, 5) is 15.3. The van der Waals surface area contributed by atoms with Crippen LogP contribution in [0.25, 0.3) is 22.1 Å². The molecule has 2 aromatic heterocycles. The number of aromatic nitrogens is 1. The topological polar surface area (TPSA) is 98.6 Å². The Hall–Kier alpha value is -3.71. The Morgan fingerprint density at radius 1 is 1.19 bits per heavy atom. The number of benzene rings is 2. The van der Waals surface area contributed by atoms with E-state index in [1.807, 2.05) is 24.3 Å². The molecule has 0 aliphatic rings. The number of pyridine rings is 1. The molecule has 0 aliphatic heterocycles. The molecule has 7 heteroatoms. The molecular weight excluding hydrogens is 399 g/mol. The van der Waals surface area contributed by atoms with Crippen LogP contribution in [-0.4, -0.2) is 22.7 Å². The number of alkyl halides is 1. The highest BCUT2D eigenvalue weighted by Gasteiger charge is 2.14. The summed E-state index contributed by atoms with van der Waals surface area (Å²) < 4.78 is 24.6. The van der Waals surface area contributed by atoms with Crippen molar-refractivity contribution in [1.82, 2.24) is 4.98 Å². The van der Waals surface area contributed by atoms with E-state index in [2.05, 4.69) is 4.98 Å². The molecule has 0 fully saturated rings. The van der Waals surface area contributed by atoms with Gasteiger partial charge in [0.2, 0.25) is 0 Å². The van der Waals surface area contributed by atoms with Gasteiger partial charge in [-0.15, -0.1) is 0 Å². The highest BCUT2D eigenvalue weighted by atomic mass is 19.1. The molecular formula is C24H21FN2O4. The van der Waals surface area contributed by atoms with Crippen LogP contribution in [0.3, 0.4) is 0 Å². The number of hydrogen-bond acceptors (Lipinski definition) is 5. The maximum atomic E-state index is 13.0. The number of carbonyl (C=O) groups is 1. The van der Waals surface area contributed by atoms with Gasteiger partial charge in [-0.3, -0.25) is 9.78 Å². The van der Waals surface area contributed by atoms with Gasteiger partial charge in [0.1, 0.15) is 24.6 Å². The molecule has 0 amide bonds. The molecule has 4 rings (SSSR count). The van der Waals surface area contributed by atoms with Crippen molar-refractivity contribution in [3.63, 3.8) is 0 Å². The lowest BCUT2D eigenvalue weighted by atomic mass is 10.00. The molecule has 0 spiro atoms. The molecule has 0 saturated heterocycles. The SMILES string of the molecule is NC(CF)c1cc(-c2cc(COc3ccccc3CC(=O)O)cc3ccoc23)ccn1. The van der Waals surface area contributed by atoms with Crippen LogP contribution in [0.15, 0.2) is 71.5 Å². The first-order valence-corrected chi connectivity index (χ1v) is 9.75. The summed E-state index contributed by atoms with van der Waals surface area (Å²) in [6, 6.07) is 15.6. The Kier molecular flexibility index (Phi) is 5.95. The number of carboxylic acid groups (broad SMARTS) is 1. The van der Waals surface area contributed by atoms with Crippen LogP contribution in [0.5, 0.6) is 5.75 Å². The van der Waals surface area contributed by atoms with E-state index >= 15 is 0 Å². The number of ether oxygens (including phenoxy) is 1. The molecule has 31 heavy (non-hydrogen) atoms. The predicted octanol–water partition coefficient (Wildman–Crippen LogP) is 4.67. The molecule has 0 bridgehead atoms. The Labute approximate surface area is 178 Å². The summed E-state index contributed by atoms with van der Waals surface area (Å²) in [5.74, 6) is -0.392. The number of para-hydroxylation sites is 1. The van der Waals surface area contributed by atoms with Crippen LogP contribution >= 0.6 is 0 Å². The summed E-state index contributed by atoms with van der Waals surface area (Å²) >= 11 is 0. The van der Waals surface area contributed by atoms with Gasteiger partial charge >= 0.3 is 5.97 Å². The predicted molar refractivity (Wildman–Crippen MR) is 114 cm³/mol. The van der Waals surface area contributed by atoms with Crippen molar-refractivity contribution in [1.29, 1.82) is 0 Å². The average molecular weight is 420 g/mol. The van der Waals surface area contributed by atoms with Crippen molar-refractivity contribution in [3.8, 4) is 16.9 Å². The minimum atomic E-state index is -0.918. The summed E-state index contributed by atoms with van der Waals surface area (Å²) in [5, 5.41) is 10.0. The number of nitrogens with two attached hydrogens (primary N) is 1. The van der Waals surface area contributed by atoms with Gasteiger partial charge in [0.05, 0.1) is 24.4 Å². The molecule has 2 aromatic carbocycles. The fourth-order valence-corrected chi connectivity index (χ4v) is 3.45. The van der Waals surface area contributed by atoms with Gasteiger partial charge in [0, 0.05) is 22.7 Å². The Morgan fingerprint density at radius 3 is 2.84 bits per heavy atom. The summed E-state index contributed by atoms with van der Waals surface area (Å²) in [7, 11) is 0. The lowest BCUT2D eigenvalue weighted by Crippen LogP contribution is -2.13. The molecule has 0 aliphatic carbocycles. The third-order valence-corrected chi connectivity index (χ3v) is 4.96. The van der Waals surface area contributed by atoms with E-state index in [4.69, 9.17) is 20.0 Å². The fraction of sp³-hybridized carbons (Fsp3) is 0.167. The molecule has 2 heterocycles. The fourth-order valence-electron chi connectivity index (χ4n) is 3.45. The molecule has 1 atom stereocenters. The number of furan rings is 1. The number of rotatable bonds is 8. The second-order valence-corrected chi connectivity index (χ2v) is 7.18. The summed E-state index contributed by atoms with van der Waals surface area (Å²) in [5.41, 5.74) is 10.1. The molecule has 0 saturated carbocycles. The van der Waals surface area contributed by atoms with Crippen molar-refractivity contribution in [3.05, 3.63) is 83.9 Å². The zero-order valence-corrected chi connectivity index (χ0v) is 16.6. The smallest absolute Gasteiger partial charge is 0.307 e. The average Bonchev–Trinajstić information content (AvgIpc) is 3.26. The van der Waals surface area contributed by atoms with Crippen LogP contribution in [0.2, 0.25) is 0 Å². The lowest BCUT2D eigenvalue weighted by Gasteiger charge is -2.13. The first-order valence-electron chi connectivity index (χ1n) is 9.75. The molecule has 1 unspecified atom stereocenters. The standard InChI is InChI=1S/C24H21FN2O4/c25-13-20(26)21-11-16(5-7-27-21)19-10-15(9-18-6-8-30-24(18)19)14-31-22-4-2-1-3-17(22)12-23(28)29/h1-11,20H,12-14,26H2,(H,28,29). The number of aliphatic carboxylic acids is 1. The van der Waals surface area contributed by atoms with Crippen LogP contribution in [-0.2, 0) is 17.8 Å². The zero-order chi connectivity index (χ0) is 21.8. The Morgan fingerprint density at radius 2 is 2.03 bits per heavy atom. The first kappa shape index (κ1) is 20.6. The number of carboxylic acids is 1. The van der Waals surface area contributed by atoms with E-state index < -0.39 is 18.7 Å². The zero-order valence-electron chi connectivity index (χ0n) is 16.6. The van der Waals surface area contributed by atoms with Gasteiger partial charge in [0.25, 0.3) is 0 Å². The quantitative estimate of drug-likeness (QED) is 0.430. The van der Waals surface area contributed by atoms with Crippen LogP contribution < -0.4 is 10.5 Å². The van der Waals surface area contributed by atoms with Crippen molar-refractivity contribution in [2.24, 2.45) is 5.73 Å². The molecule has 3 N–H and O–H groups in total. The van der Waals surface area contributed by atoms with Crippen LogP contribution in [0.1, 0.15) is 22.9 Å². The summed E-state index contributed by atoms with van der Waals surface area (Å²) in [6.45, 7) is -0.455. The maximum absolute atomic E-state index is 13.0. The maximum Gasteiger partial charge on any atom is 0.307 e. The number of nitrogens with zero attached hydrogens (tertiary/aromatic N) is 1. The largest absolute Gasteiger partial charge is 0.489 e. The molecule has 6 nitrogen and oxygen atoms in total. The van der Waals surface area contributed by atoms with E-state index in [0.29, 0.717) is 22.6 Å². The van der Waals surface area contributed by atoms with E-state index in [0.717, 1.165) is 22.1 Å². The van der Waals surface area contributed by atoms with E-state index in [9.17, 15) is 9.18 Å². The number of fused-ring (bicyclic) bond motifs is 1. The first-order chi connectivity index (χ1) is 15.0. The van der Waals surface area contributed by atoms with Gasteiger partial charge < -0.3 is 20.0 Å². The van der Waals surface area contributed by atoms with Crippen molar-refractivity contribution in [2.75, 3.05) is 6.67 Å².